The number of urea groups is 1. The Balaban J connectivity index is 1.30. The molecule has 1 fully saturated rings. The minimum atomic E-state index is -0.0634. The molecule has 0 spiro atoms. The molecule has 136 valence electrons. The molecule has 0 aliphatic carbocycles. The number of aromatic nitrogens is 1. The second kappa shape index (κ2) is 8.90. The minimum Gasteiger partial charge on any atom is -0.361 e. The van der Waals surface area contributed by atoms with Gasteiger partial charge in [0.15, 0.2) is 0 Å². The molecule has 2 aromatic rings. The van der Waals surface area contributed by atoms with Gasteiger partial charge in [-0.3, -0.25) is 0 Å². The van der Waals surface area contributed by atoms with E-state index in [1.807, 2.05) is 18.3 Å². The van der Waals surface area contributed by atoms with Crippen LogP contribution in [-0.2, 0) is 6.42 Å². The Kier molecular flexibility index (Phi) is 6.34. The second-order valence-corrected chi connectivity index (χ2v) is 7.03. The number of piperidine rings is 1. The van der Waals surface area contributed by atoms with Gasteiger partial charge < -0.3 is 20.5 Å². The highest BCUT2D eigenvalue weighted by Crippen LogP contribution is 2.18. The molecule has 25 heavy (non-hydrogen) atoms. The first-order valence-electron chi connectivity index (χ1n) is 9.55. The fraction of sp³-hybridized carbons (Fsp3) is 0.550. The minimum absolute atomic E-state index is 0.0634. The number of benzene rings is 1. The van der Waals surface area contributed by atoms with Gasteiger partial charge in [-0.25, -0.2) is 4.79 Å². The lowest BCUT2D eigenvalue weighted by Gasteiger charge is -2.33. The van der Waals surface area contributed by atoms with Crippen LogP contribution in [0.25, 0.3) is 10.9 Å². The van der Waals surface area contributed by atoms with Gasteiger partial charge in [0, 0.05) is 42.8 Å². The zero-order chi connectivity index (χ0) is 17.5. The van der Waals surface area contributed by atoms with Crippen LogP contribution in [0.2, 0.25) is 0 Å². The average molecular weight is 342 g/mol. The summed E-state index contributed by atoms with van der Waals surface area (Å²) in [5.74, 6) is 0. The van der Waals surface area contributed by atoms with Crippen LogP contribution in [0.4, 0.5) is 4.79 Å². The number of para-hydroxylation sites is 1. The van der Waals surface area contributed by atoms with Crippen molar-refractivity contribution < 1.29 is 4.79 Å². The van der Waals surface area contributed by atoms with E-state index in [9.17, 15) is 4.79 Å². The van der Waals surface area contributed by atoms with Gasteiger partial charge in [0.25, 0.3) is 0 Å². The van der Waals surface area contributed by atoms with Crippen LogP contribution in [0, 0.1) is 0 Å². The van der Waals surface area contributed by atoms with Crippen molar-refractivity contribution in [3.63, 3.8) is 0 Å². The number of amides is 2. The van der Waals surface area contributed by atoms with Crippen LogP contribution in [-0.4, -0.2) is 48.1 Å². The molecule has 5 nitrogen and oxygen atoms in total. The summed E-state index contributed by atoms with van der Waals surface area (Å²) in [5.41, 5.74) is 2.39. The lowest BCUT2D eigenvalue weighted by Crippen LogP contribution is -2.41. The summed E-state index contributed by atoms with van der Waals surface area (Å²) < 4.78 is 0. The number of H-pyrrole nitrogens is 1. The van der Waals surface area contributed by atoms with Crippen molar-refractivity contribution >= 4 is 16.9 Å². The van der Waals surface area contributed by atoms with E-state index in [1.54, 1.807) is 0 Å². The first-order chi connectivity index (χ1) is 12.2. The first kappa shape index (κ1) is 17.8. The van der Waals surface area contributed by atoms with Crippen LogP contribution in [0.1, 0.15) is 38.2 Å². The molecule has 1 saturated heterocycles. The number of fused-ring (bicyclic) bond motifs is 1. The Morgan fingerprint density at radius 1 is 1.24 bits per heavy atom. The Bertz CT molecular complexity index is 681. The summed E-state index contributed by atoms with van der Waals surface area (Å²) in [6, 6.07) is 8.89. The van der Waals surface area contributed by atoms with E-state index in [0.29, 0.717) is 12.6 Å². The maximum absolute atomic E-state index is 11.9. The van der Waals surface area contributed by atoms with Crippen molar-refractivity contribution in [3.8, 4) is 0 Å². The van der Waals surface area contributed by atoms with E-state index < -0.39 is 0 Å². The molecule has 5 heteroatoms. The molecular formula is C20H30N4O. The molecule has 0 saturated carbocycles. The van der Waals surface area contributed by atoms with Crippen molar-refractivity contribution in [2.24, 2.45) is 0 Å². The predicted octanol–water partition coefficient (Wildman–Crippen LogP) is 3.27. The SMILES string of the molecule is CC1CCCCN1CCCNC(=O)NCCc1c[nH]c2ccccc12. The van der Waals surface area contributed by atoms with Crippen molar-refractivity contribution in [1.82, 2.24) is 20.5 Å². The largest absolute Gasteiger partial charge is 0.361 e. The number of hydrogen-bond acceptors (Lipinski definition) is 2. The molecule has 3 N–H and O–H groups in total. The van der Waals surface area contributed by atoms with Crippen molar-refractivity contribution in [3.05, 3.63) is 36.0 Å². The second-order valence-electron chi connectivity index (χ2n) is 7.03. The molecule has 1 aromatic heterocycles. The maximum Gasteiger partial charge on any atom is 0.314 e. The summed E-state index contributed by atoms with van der Waals surface area (Å²) in [4.78, 5) is 17.7. The third-order valence-electron chi connectivity index (χ3n) is 5.20. The summed E-state index contributed by atoms with van der Waals surface area (Å²) >= 11 is 0. The fourth-order valence-electron chi connectivity index (χ4n) is 3.69. The predicted molar refractivity (Wildman–Crippen MR) is 103 cm³/mol. The quantitative estimate of drug-likeness (QED) is 0.676. The third kappa shape index (κ3) is 4.98. The number of nitrogens with zero attached hydrogens (tertiary/aromatic N) is 1. The first-order valence-corrected chi connectivity index (χ1v) is 9.55. The van der Waals surface area contributed by atoms with Crippen molar-refractivity contribution in [2.75, 3.05) is 26.2 Å². The number of aromatic amines is 1. The van der Waals surface area contributed by atoms with E-state index in [4.69, 9.17) is 0 Å². The lowest BCUT2D eigenvalue weighted by atomic mass is 10.0. The van der Waals surface area contributed by atoms with Gasteiger partial charge in [0.1, 0.15) is 0 Å². The zero-order valence-electron chi connectivity index (χ0n) is 15.2. The smallest absolute Gasteiger partial charge is 0.314 e. The number of carbonyl (C=O) groups is 1. The van der Waals surface area contributed by atoms with Gasteiger partial charge in [-0.2, -0.15) is 0 Å². The maximum atomic E-state index is 11.9. The number of rotatable bonds is 7. The van der Waals surface area contributed by atoms with Crippen LogP contribution in [0.5, 0.6) is 0 Å². The highest BCUT2D eigenvalue weighted by atomic mass is 16.2. The highest BCUT2D eigenvalue weighted by molar-refractivity contribution is 5.83. The van der Waals surface area contributed by atoms with Crippen LogP contribution >= 0.6 is 0 Å². The Hall–Kier alpha value is -2.01. The number of hydrogen-bond donors (Lipinski definition) is 3. The molecule has 1 aliphatic rings. The van der Waals surface area contributed by atoms with E-state index in [-0.39, 0.29) is 6.03 Å². The third-order valence-corrected chi connectivity index (χ3v) is 5.20. The molecule has 2 amide bonds. The van der Waals surface area contributed by atoms with Crippen molar-refractivity contribution in [1.29, 1.82) is 0 Å². The molecule has 0 bridgehead atoms. The molecule has 1 unspecified atom stereocenters. The highest BCUT2D eigenvalue weighted by Gasteiger charge is 2.17. The number of nitrogens with one attached hydrogen (secondary N) is 3. The Morgan fingerprint density at radius 2 is 2.08 bits per heavy atom. The average Bonchev–Trinajstić information content (AvgIpc) is 3.03. The van der Waals surface area contributed by atoms with Crippen LogP contribution in [0.15, 0.2) is 30.5 Å². The van der Waals surface area contributed by atoms with Crippen LogP contribution < -0.4 is 10.6 Å². The van der Waals surface area contributed by atoms with Gasteiger partial charge in [-0.05, 0) is 50.8 Å². The zero-order valence-corrected chi connectivity index (χ0v) is 15.2. The normalized spacial score (nSPS) is 18.4. The van der Waals surface area contributed by atoms with Crippen LogP contribution in [0.3, 0.4) is 0 Å². The van der Waals surface area contributed by atoms with Gasteiger partial charge in [-0.15, -0.1) is 0 Å². The van der Waals surface area contributed by atoms with E-state index in [1.165, 1.54) is 36.8 Å². The Morgan fingerprint density at radius 3 is 2.96 bits per heavy atom. The monoisotopic (exact) mass is 342 g/mol. The molecule has 1 aliphatic heterocycles. The van der Waals surface area contributed by atoms with Gasteiger partial charge in [0.2, 0.25) is 0 Å². The van der Waals surface area contributed by atoms with Crippen molar-refractivity contribution in [2.45, 2.75) is 45.1 Å². The molecule has 2 heterocycles. The van der Waals surface area contributed by atoms with E-state index in [2.05, 4.69) is 39.6 Å². The molecular weight excluding hydrogens is 312 g/mol. The topological polar surface area (TPSA) is 60.2 Å². The van der Waals surface area contributed by atoms with E-state index >= 15 is 0 Å². The van der Waals surface area contributed by atoms with Gasteiger partial charge in [-0.1, -0.05) is 24.6 Å². The fourth-order valence-corrected chi connectivity index (χ4v) is 3.69. The summed E-state index contributed by atoms with van der Waals surface area (Å²) in [7, 11) is 0. The molecule has 1 aromatic carbocycles. The van der Waals surface area contributed by atoms with Gasteiger partial charge >= 0.3 is 6.03 Å². The summed E-state index contributed by atoms with van der Waals surface area (Å²) in [5, 5.41) is 7.16. The van der Waals surface area contributed by atoms with E-state index in [0.717, 1.165) is 31.4 Å². The standard InChI is InChI=1S/C20H30N4O/c1-16-7-4-5-13-24(16)14-6-11-21-20(25)22-12-10-17-15-23-19-9-3-2-8-18(17)19/h2-3,8-9,15-16,23H,4-7,10-14H2,1H3,(H2,21,22,25). The molecule has 1 atom stereocenters. The lowest BCUT2D eigenvalue weighted by molar-refractivity contribution is 0.159. The Labute approximate surface area is 150 Å². The number of carbonyl (C=O) groups excluding carboxylic acids is 1. The molecule has 3 rings (SSSR count). The summed E-state index contributed by atoms with van der Waals surface area (Å²) in [6.07, 6.45) is 7.86. The number of likely N-dealkylation sites (tertiary alicyclic amines) is 1. The summed E-state index contributed by atoms with van der Waals surface area (Å²) in [6.45, 7) is 5.98. The molecule has 0 radical (unpaired) electrons. The van der Waals surface area contributed by atoms with Gasteiger partial charge in [0.05, 0.1) is 0 Å².